The number of hydrogen-bond acceptors (Lipinski definition) is 0. The minimum Gasteiger partial charge on any atom is -0.0743 e. The van der Waals surface area contributed by atoms with Crippen molar-refractivity contribution in [2.75, 3.05) is 0 Å². The normalized spacial score (nSPS) is 28.4. The van der Waals surface area contributed by atoms with Gasteiger partial charge >= 0.3 is 0 Å². The van der Waals surface area contributed by atoms with Crippen molar-refractivity contribution >= 4 is 0 Å². The van der Waals surface area contributed by atoms with Gasteiger partial charge in [-0.3, -0.25) is 0 Å². The molecular formula is C14H14. The van der Waals surface area contributed by atoms with Crippen LogP contribution in [0.4, 0.5) is 0 Å². The molecule has 0 aromatic carbocycles. The molecule has 0 fully saturated rings. The van der Waals surface area contributed by atoms with Crippen LogP contribution in [0.15, 0.2) is 58.2 Å². The summed E-state index contributed by atoms with van der Waals surface area (Å²) in [6, 6.07) is 0. The van der Waals surface area contributed by atoms with Crippen LogP contribution in [-0.2, 0) is 0 Å². The van der Waals surface area contributed by atoms with Crippen LogP contribution in [0.25, 0.3) is 0 Å². The molecule has 70 valence electrons. The van der Waals surface area contributed by atoms with Gasteiger partial charge in [0.2, 0.25) is 0 Å². The first-order chi connectivity index (χ1) is 6.74. The molecule has 0 bridgehead atoms. The summed E-state index contributed by atoms with van der Waals surface area (Å²) >= 11 is 0. The van der Waals surface area contributed by atoms with Crippen LogP contribution >= 0.6 is 0 Å². The number of hydrogen-bond donors (Lipinski definition) is 0. The first-order valence-electron chi connectivity index (χ1n) is 5.23. The summed E-state index contributed by atoms with van der Waals surface area (Å²) < 4.78 is 0. The quantitative estimate of drug-likeness (QED) is 0.501. The Balaban J connectivity index is 2.15. The molecule has 0 nitrogen and oxygen atoms in total. The molecule has 1 unspecified atom stereocenters. The van der Waals surface area contributed by atoms with Crippen molar-refractivity contribution in [1.29, 1.82) is 0 Å². The molecule has 1 atom stereocenters. The number of fused-ring (bicyclic) bond motifs is 2. The molecule has 0 N–H and O–H groups in total. The van der Waals surface area contributed by atoms with Crippen LogP contribution in [0.3, 0.4) is 0 Å². The lowest BCUT2D eigenvalue weighted by Gasteiger charge is -2.16. The van der Waals surface area contributed by atoms with E-state index < -0.39 is 0 Å². The molecule has 0 spiro atoms. The summed E-state index contributed by atoms with van der Waals surface area (Å²) in [6.07, 6.45) is 12.8. The molecule has 3 aliphatic carbocycles. The van der Waals surface area contributed by atoms with Crippen LogP contribution in [0.1, 0.15) is 20.3 Å². The van der Waals surface area contributed by atoms with E-state index in [0.29, 0.717) is 5.92 Å². The zero-order valence-electron chi connectivity index (χ0n) is 8.67. The Morgan fingerprint density at radius 3 is 2.93 bits per heavy atom. The predicted molar refractivity (Wildman–Crippen MR) is 59.9 cm³/mol. The molecule has 0 radical (unpaired) electrons. The third-order valence-corrected chi connectivity index (χ3v) is 3.23. The molecular weight excluding hydrogens is 168 g/mol. The molecule has 0 amide bonds. The maximum atomic E-state index is 2.39. The first kappa shape index (κ1) is 8.05. The van der Waals surface area contributed by atoms with E-state index in [9.17, 15) is 0 Å². The zero-order chi connectivity index (χ0) is 9.71. The Morgan fingerprint density at radius 2 is 2.07 bits per heavy atom. The summed E-state index contributed by atoms with van der Waals surface area (Å²) in [5, 5.41) is 0. The minimum absolute atomic E-state index is 0.587. The van der Waals surface area contributed by atoms with Crippen molar-refractivity contribution in [1.82, 2.24) is 0 Å². The Kier molecular flexibility index (Phi) is 1.49. The zero-order valence-corrected chi connectivity index (χ0v) is 8.67. The molecule has 0 saturated heterocycles. The highest BCUT2D eigenvalue weighted by Crippen LogP contribution is 2.42. The van der Waals surface area contributed by atoms with Gasteiger partial charge < -0.3 is 0 Å². The van der Waals surface area contributed by atoms with Gasteiger partial charge in [0.1, 0.15) is 0 Å². The van der Waals surface area contributed by atoms with E-state index in [-0.39, 0.29) is 0 Å². The van der Waals surface area contributed by atoms with Crippen molar-refractivity contribution in [3.05, 3.63) is 58.2 Å². The molecule has 0 aromatic rings. The third kappa shape index (κ3) is 1.00. The van der Waals surface area contributed by atoms with E-state index in [4.69, 9.17) is 0 Å². The molecule has 0 heteroatoms. The monoisotopic (exact) mass is 182 g/mol. The second-order valence-electron chi connectivity index (χ2n) is 4.50. The summed E-state index contributed by atoms with van der Waals surface area (Å²) in [5.74, 6) is 0.587. The Morgan fingerprint density at radius 1 is 1.21 bits per heavy atom. The largest absolute Gasteiger partial charge is 0.0743 e. The van der Waals surface area contributed by atoms with Crippen LogP contribution in [-0.4, -0.2) is 0 Å². The van der Waals surface area contributed by atoms with Gasteiger partial charge in [-0.15, -0.1) is 0 Å². The molecule has 3 rings (SSSR count). The van der Waals surface area contributed by atoms with Crippen LogP contribution < -0.4 is 0 Å². The first-order valence-corrected chi connectivity index (χ1v) is 5.23. The average Bonchev–Trinajstić information content (AvgIpc) is 2.65. The Bertz CT molecular complexity index is 450. The lowest BCUT2D eigenvalue weighted by Crippen LogP contribution is -2.01. The smallest absolute Gasteiger partial charge is 0.0175 e. The molecule has 3 aliphatic rings. The van der Waals surface area contributed by atoms with Gasteiger partial charge in [0, 0.05) is 5.92 Å². The topological polar surface area (TPSA) is 0 Å². The predicted octanol–water partition coefficient (Wildman–Crippen LogP) is 3.71. The summed E-state index contributed by atoms with van der Waals surface area (Å²) in [4.78, 5) is 0. The van der Waals surface area contributed by atoms with Gasteiger partial charge in [-0.2, -0.15) is 0 Å². The van der Waals surface area contributed by atoms with Crippen LogP contribution in [0.2, 0.25) is 0 Å². The van der Waals surface area contributed by atoms with Gasteiger partial charge in [0.25, 0.3) is 0 Å². The van der Waals surface area contributed by atoms with Crippen LogP contribution in [0, 0.1) is 5.92 Å². The van der Waals surface area contributed by atoms with Gasteiger partial charge in [0.15, 0.2) is 0 Å². The Hall–Kier alpha value is -1.30. The highest BCUT2D eigenvalue weighted by atomic mass is 14.3. The van der Waals surface area contributed by atoms with Gasteiger partial charge in [-0.1, -0.05) is 36.0 Å². The van der Waals surface area contributed by atoms with Crippen molar-refractivity contribution < 1.29 is 0 Å². The minimum atomic E-state index is 0.587. The standard InChI is InChI=1S/C14H14/c1-9-5-11-3-4-12-6-10(2)8-14(12)13(11)7-9/h3-7,12H,8H2,1-2H3. The third-order valence-electron chi connectivity index (χ3n) is 3.23. The lowest BCUT2D eigenvalue weighted by atomic mass is 9.88. The van der Waals surface area contributed by atoms with E-state index in [1.54, 1.807) is 5.57 Å². The summed E-state index contributed by atoms with van der Waals surface area (Å²) in [5.41, 5.74) is 7.41. The average molecular weight is 182 g/mol. The van der Waals surface area contributed by atoms with E-state index in [1.165, 1.54) is 28.7 Å². The van der Waals surface area contributed by atoms with Gasteiger partial charge in [-0.05, 0) is 42.6 Å². The molecule has 0 heterocycles. The fourth-order valence-electron chi connectivity index (χ4n) is 2.63. The fourth-order valence-corrected chi connectivity index (χ4v) is 2.63. The van der Waals surface area contributed by atoms with Crippen molar-refractivity contribution in [3.8, 4) is 0 Å². The van der Waals surface area contributed by atoms with Crippen molar-refractivity contribution in [2.45, 2.75) is 20.3 Å². The SMILES string of the molecule is CC1=CC2=C3CC(C)=CC3C=CC2=C1. The van der Waals surface area contributed by atoms with E-state index in [0.717, 1.165) is 0 Å². The maximum Gasteiger partial charge on any atom is 0.0175 e. The lowest BCUT2D eigenvalue weighted by molar-refractivity contribution is 0.947. The van der Waals surface area contributed by atoms with E-state index in [1.807, 2.05) is 0 Å². The Labute approximate surface area is 85.0 Å². The molecule has 0 aliphatic heterocycles. The second-order valence-corrected chi connectivity index (χ2v) is 4.50. The highest BCUT2D eigenvalue weighted by Gasteiger charge is 2.25. The number of rotatable bonds is 0. The van der Waals surface area contributed by atoms with E-state index in [2.05, 4.69) is 44.2 Å². The maximum absolute atomic E-state index is 2.39. The van der Waals surface area contributed by atoms with Gasteiger partial charge in [-0.25, -0.2) is 0 Å². The fraction of sp³-hybridized carbons (Fsp3) is 0.286. The molecule has 0 aromatic heterocycles. The highest BCUT2D eigenvalue weighted by molar-refractivity contribution is 5.64. The second kappa shape index (κ2) is 2.60. The van der Waals surface area contributed by atoms with Crippen molar-refractivity contribution in [2.24, 2.45) is 5.92 Å². The van der Waals surface area contributed by atoms with Gasteiger partial charge in [0.05, 0.1) is 0 Å². The number of allylic oxidation sites excluding steroid dienone is 10. The molecule has 14 heavy (non-hydrogen) atoms. The van der Waals surface area contributed by atoms with Crippen molar-refractivity contribution in [3.63, 3.8) is 0 Å². The van der Waals surface area contributed by atoms with E-state index >= 15 is 0 Å². The summed E-state index contributed by atoms with van der Waals surface area (Å²) in [6.45, 7) is 4.41. The van der Waals surface area contributed by atoms with Crippen LogP contribution in [0.5, 0.6) is 0 Å². The summed E-state index contributed by atoms with van der Waals surface area (Å²) in [7, 11) is 0. The molecule has 0 saturated carbocycles.